The molecule has 47 heavy (non-hydrogen) atoms. The smallest absolute Gasteiger partial charge is 0.311 e. The Morgan fingerprint density at radius 1 is 0.660 bits per heavy atom. The lowest BCUT2D eigenvalue weighted by Gasteiger charge is -2.31. The van der Waals surface area contributed by atoms with Crippen LogP contribution in [0.2, 0.25) is 0 Å². The minimum atomic E-state index is -0.465. The number of fused-ring (bicyclic) bond motifs is 4. The van der Waals surface area contributed by atoms with Gasteiger partial charge in [0, 0.05) is 25.0 Å². The van der Waals surface area contributed by atoms with Gasteiger partial charge in [-0.1, -0.05) is 50.5 Å². The molecule has 0 aromatic carbocycles. The maximum atomic E-state index is 12.3. The Morgan fingerprint density at radius 2 is 1.09 bits per heavy atom. The number of ether oxygens (including phenoxy) is 6. The van der Waals surface area contributed by atoms with Crippen molar-refractivity contribution in [2.75, 3.05) is 26.8 Å². The zero-order valence-corrected chi connectivity index (χ0v) is 27.3. The maximum absolute atomic E-state index is 12.3. The normalized spacial score (nSPS) is 28.5. The summed E-state index contributed by atoms with van der Waals surface area (Å²) in [7, 11) is 0. The summed E-state index contributed by atoms with van der Waals surface area (Å²) in [5, 5.41) is 0. The van der Waals surface area contributed by atoms with Gasteiger partial charge in [-0.25, -0.2) is 0 Å². The quantitative estimate of drug-likeness (QED) is 0.0775. The molecule has 0 aliphatic heterocycles. The topological polar surface area (TPSA) is 124 Å². The molecule has 0 aromatic rings. The fraction of sp³-hybridized carbons (Fsp3) is 0.892. The van der Waals surface area contributed by atoms with E-state index < -0.39 is 5.41 Å². The molecule has 0 aromatic heterocycles. The van der Waals surface area contributed by atoms with Gasteiger partial charge in [0.15, 0.2) is 13.6 Å². The van der Waals surface area contributed by atoms with Crippen LogP contribution in [0, 0.1) is 46.8 Å². The van der Waals surface area contributed by atoms with Gasteiger partial charge in [0.05, 0.1) is 23.2 Å². The van der Waals surface area contributed by atoms with Crippen molar-refractivity contribution in [1.82, 2.24) is 0 Å². The van der Waals surface area contributed by atoms with Crippen LogP contribution in [0.5, 0.6) is 0 Å². The number of carbonyl (C=O) groups is 4. The van der Waals surface area contributed by atoms with Gasteiger partial charge in [-0.3, -0.25) is 19.2 Å². The highest BCUT2D eigenvalue weighted by Gasteiger charge is 2.53. The molecular weight excluding hydrogens is 604 g/mol. The molecule has 0 spiro atoms. The monoisotopic (exact) mass is 674 g/mol. The third-order valence-corrected chi connectivity index (χ3v) is 10.1. The van der Waals surface area contributed by atoms with Gasteiger partial charge in [0.1, 0.15) is 12.2 Å². The van der Waals surface area contributed by atoms with Crippen LogP contribution >= 0.6 is 0 Å². The minimum absolute atomic E-state index is 0. The summed E-state index contributed by atoms with van der Waals surface area (Å²) in [6.45, 7) is 14.4. The van der Waals surface area contributed by atoms with Crippen LogP contribution in [0.3, 0.4) is 0 Å². The van der Waals surface area contributed by atoms with E-state index in [-0.39, 0.29) is 109 Å². The first-order valence-electron chi connectivity index (χ1n) is 16.4. The van der Waals surface area contributed by atoms with Crippen LogP contribution in [0.15, 0.2) is 0 Å². The Bertz CT molecular complexity index is 949. The van der Waals surface area contributed by atoms with Gasteiger partial charge < -0.3 is 28.4 Å². The van der Waals surface area contributed by atoms with E-state index >= 15 is 0 Å². The van der Waals surface area contributed by atoms with Gasteiger partial charge in [0.2, 0.25) is 0 Å². The molecule has 10 heteroatoms. The molecule has 4 rings (SSSR count). The molecule has 4 fully saturated rings. The van der Waals surface area contributed by atoms with E-state index in [1.165, 1.54) is 0 Å². The lowest BCUT2D eigenvalue weighted by molar-refractivity contribution is -0.172. The summed E-state index contributed by atoms with van der Waals surface area (Å²) in [5.41, 5.74) is -0.465. The van der Waals surface area contributed by atoms with Crippen LogP contribution < -0.4 is 0 Å². The van der Waals surface area contributed by atoms with Crippen molar-refractivity contribution in [2.45, 2.75) is 142 Å². The van der Waals surface area contributed by atoms with E-state index in [1.54, 1.807) is 0 Å². The van der Waals surface area contributed by atoms with Gasteiger partial charge in [0.25, 0.3) is 0 Å². The highest BCUT2D eigenvalue weighted by atomic mass is 16.7. The molecule has 0 radical (unpaired) electrons. The highest BCUT2D eigenvalue weighted by molar-refractivity contribution is 5.77. The van der Waals surface area contributed by atoms with Crippen molar-refractivity contribution in [3.63, 3.8) is 0 Å². The Hall–Kier alpha value is -2.20. The van der Waals surface area contributed by atoms with Crippen molar-refractivity contribution >= 4 is 23.9 Å². The summed E-state index contributed by atoms with van der Waals surface area (Å²) >= 11 is 0. The Kier molecular flexibility index (Phi) is 21.7. The lowest BCUT2D eigenvalue weighted by Crippen LogP contribution is -2.37. The summed E-state index contributed by atoms with van der Waals surface area (Å²) in [4.78, 5) is 48.4. The van der Waals surface area contributed by atoms with Crippen LogP contribution in [0.25, 0.3) is 0 Å². The second-order valence-electron chi connectivity index (χ2n) is 13.3. The highest BCUT2D eigenvalue weighted by Crippen LogP contribution is 2.51. The third kappa shape index (κ3) is 12.3. The van der Waals surface area contributed by atoms with Gasteiger partial charge in [-0.15, -0.1) is 0 Å². The van der Waals surface area contributed by atoms with E-state index in [0.717, 1.165) is 51.4 Å². The molecule has 0 heterocycles. The maximum Gasteiger partial charge on any atom is 0.311 e. The molecule has 4 aliphatic rings. The first kappa shape index (κ1) is 46.9. The van der Waals surface area contributed by atoms with Gasteiger partial charge in [-0.05, 0) is 90.9 Å². The fourth-order valence-corrected chi connectivity index (χ4v) is 6.84. The molecule has 4 aliphatic carbocycles. The summed E-state index contributed by atoms with van der Waals surface area (Å²) in [6.07, 6.45) is 6.66. The van der Waals surface area contributed by atoms with E-state index in [0.29, 0.717) is 25.0 Å². The Morgan fingerprint density at radius 3 is 1.45 bits per heavy atom. The average molecular weight is 675 g/mol. The van der Waals surface area contributed by atoms with E-state index in [9.17, 15) is 19.2 Å². The number of rotatable bonds is 14. The fourth-order valence-electron chi connectivity index (χ4n) is 6.84. The van der Waals surface area contributed by atoms with E-state index in [1.807, 2.05) is 48.5 Å². The predicted octanol–water partition coefficient (Wildman–Crippen LogP) is 7.99. The Labute approximate surface area is 286 Å². The largest absolute Gasteiger partial charge is 0.462 e. The molecule has 278 valence electrons. The van der Waals surface area contributed by atoms with Crippen LogP contribution in [-0.2, 0) is 47.6 Å². The first-order chi connectivity index (χ1) is 20.4. The van der Waals surface area contributed by atoms with Crippen molar-refractivity contribution in [1.29, 1.82) is 0 Å². The second kappa shape index (κ2) is 21.7. The summed E-state index contributed by atoms with van der Waals surface area (Å²) < 4.78 is 31.8. The van der Waals surface area contributed by atoms with Crippen LogP contribution in [0.4, 0.5) is 0 Å². The molecule has 0 amide bonds. The lowest BCUT2D eigenvalue weighted by atomic mass is 9.86. The SMILES string of the molecule is C.C.C.C.CCOCOC(=O)C1CC2CC(OC(=O)C(C)(C)CC)C1C2.CCOCOC(=O)C1CC2CC(OC(=O)C(C)CC)C1C2. The zero-order valence-electron chi connectivity index (χ0n) is 27.3. The predicted molar refractivity (Wildman–Crippen MR) is 184 cm³/mol. The second-order valence-corrected chi connectivity index (χ2v) is 13.3. The third-order valence-electron chi connectivity index (χ3n) is 10.1. The van der Waals surface area contributed by atoms with E-state index in [4.69, 9.17) is 28.4 Å². The first-order valence-corrected chi connectivity index (χ1v) is 16.4. The average Bonchev–Trinajstić information content (AvgIpc) is 3.78. The van der Waals surface area contributed by atoms with E-state index in [2.05, 4.69) is 0 Å². The van der Waals surface area contributed by atoms with Gasteiger partial charge in [-0.2, -0.15) is 0 Å². The number of hydrogen-bond acceptors (Lipinski definition) is 10. The summed E-state index contributed by atoms with van der Waals surface area (Å²) in [5.74, 6) is 0.0924. The minimum Gasteiger partial charge on any atom is -0.462 e. The standard InChI is InChI=1S/C17H28O5.C16H26O5.4CH4/c1-5-17(3,4)16(19)22-14-9-11-7-12(14)13(8-11)15(18)21-10-20-6-2;1-4-10(3)15(17)21-14-8-11-6-12(14)13(7-11)16(18)20-9-19-5-2;;;;/h11-14H,5-10H2,1-4H3;10-14H,4-9H2,1-3H3;4*1H4. The molecule has 10 nitrogen and oxygen atoms in total. The molecule has 0 saturated heterocycles. The molecule has 9 unspecified atom stereocenters. The van der Waals surface area contributed by atoms with Crippen molar-refractivity contribution in [3.8, 4) is 0 Å². The number of esters is 4. The van der Waals surface area contributed by atoms with Crippen LogP contribution in [0.1, 0.15) is 130 Å². The molecule has 4 saturated carbocycles. The summed E-state index contributed by atoms with van der Waals surface area (Å²) in [6, 6.07) is 0. The molecule has 9 atom stereocenters. The molecular formula is C37H70O10. The van der Waals surface area contributed by atoms with Crippen LogP contribution in [-0.4, -0.2) is 62.9 Å². The molecule has 4 bridgehead atoms. The Balaban J connectivity index is 0. The molecule has 0 N–H and O–H groups in total. The number of carbonyl (C=O) groups excluding carboxylic acids is 4. The van der Waals surface area contributed by atoms with Crippen molar-refractivity contribution in [3.05, 3.63) is 0 Å². The zero-order chi connectivity index (χ0) is 31.7. The van der Waals surface area contributed by atoms with Crippen molar-refractivity contribution in [2.24, 2.45) is 46.8 Å². The van der Waals surface area contributed by atoms with Crippen molar-refractivity contribution < 1.29 is 47.6 Å². The number of hydrogen-bond donors (Lipinski definition) is 0. The van der Waals surface area contributed by atoms with Gasteiger partial charge >= 0.3 is 23.9 Å².